The van der Waals surface area contributed by atoms with Crippen molar-refractivity contribution in [3.8, 4) is 11.8 Å². The third-order valence-corrected chi connectivity index (χ3v) is 3.63. The smallest absolute Gasteiger partial charge is 0.123 e. The fourth-order valence-corrected chi connectivity index (χ4v) is 2.37. The summed E-state index contributed by atoms with van der Waals surface area (Å²) in [6.07, 6.45) is 0.415. The van der Waals surface area contributed by atoms with E-state index in [1.807, 2.05) is 43.3 Å². The van der Waals surface area contributed by atoms with E-state index in [4.69, 9.17) is 4.74 Å². The van der Waals surface area contributed by atoms with Crippen LogP contribution in [0.25, 0.3) is 0 Å². The summed E-state index contributed by atoms with van der Waals surface area (Å²) >= 11 is 0. The van der Waals surface area contributed by atoms with E-state index >= 15 is 0 Å². The zero-order valence-electron chi connectivity index (χ0n) is 13.0. The van der Waals surface area contributed by atoms with E-state index in [1.54, 1.807) is 13.2 Å². The molecule has 4 heteroatoms. The number of hydrogen-bond donors (Lipinski definition) is 0. The normalized spacial score (nSPS) is 11.6. The first-order chi connectivity index (χ1) is 10.5. The molecule has 2 aromatic rings. The zero-order valence-corrected chi connectivity index (χ0v) is 13.0. The highest BCUT2D eigenvalue weighted by atomic mass is 19.1. The summed E-state index contributed by atoms with van der Waals surface area (Å²) in [5.41, 5.74) is 2.69. The summed E-state index contributed by atoms with van der Waals surface area (Å²) in [6.45, 7) is 0. The predicted octanol–water partition coefficient (Wildman–Crippen LogP) is 3.75. The SMILES string of the molecule is COc1ccc(F)cc1CC(C#N)c1ccc(N(C)C)cc1. The van der Waals surface area contributed by atoms with E-state index in [9.17, 15) is 9.65 Å². The molecule has 0 amide bonds. The number of hydrogen-bond acceptors (Lipinski definition) is 3. The molecule has 2 aromatic carbocycles. The third kappa shape index (κ3) is 3.56. The lowest BCUT2D eigenvalue weighted by atomic mass is 9.92. The van der Waals surface area contributed by atoms with Gasteiger partial charge in [-0.2, -0.15) is 5.26 Å². The minimum atomic E-state index is -0.341. The van der Waals surface area contributed by atoms with Gasteiger partial charge in [0.05, 0.1) is 19.1 Å². The highest BCUT2D eigenvalue weighted by Gasteiger charge is 2.15. The van der Waals surface area contributed by atoms with Gasteiger partial charge >= 0.3 is 0 Å². The Morgan fingerprint density at radius 3 is 2.41 bits per heavy atom. The second-order valence-corrected chi connectivity index (χ2v) is 5.33. The first-order valence-corrected chi connectivity index (χ1v) is 7.04. The lowest BCUT2D eigenvalue weighted by molar-refractivity contribution is 0.407. The van der Waals surface area contributed by atoms with Crippen LogP contribution < -0.4 is 9.64 Å². The molecule has 0 aliphatic heterocycles. The molecule has 0 N–H and O–H groups in total. The topological polar surface area (TPSA) is 36.3 Å². The summed E-state index contributed by atoms with van der Waals surface area (Å²) in [7, 11) is 5.48. The Morgan fingerprint density at radius 1 is 1.18 bits per heavy atom. The van der Waals surface area contributed by atoms with Gasteiger partial charge < -0.3 is 9.64 Å². The molecule has 0 aromatic heterocycles. The number of nitrogens with zero attached hydrogens (tertiary/aromatic N) is 2. The van der Waals surface area contributed by atoms with Crippen LogP contribution in [0.1, 0.15) is 17.0 Å². The molecule has 2 rings (SSSR count). The second-order valence-electron chi connectivity index (χ2n) is 5.33. The lowest BCUT2D eigenvalue weighted by Gasteiger charge is -2.15. The fourth-order valence-electron chi connectivity index (χ4n) is 2.37. The Hall–Kier alpha value is -2.54. The Bertz CT molecular complexity index is 674. The zero-order chi connectivity index (χ0) is 16.1. The molecule has 0 aliphatic rings. The third-order valence-electron chi connectivity index (χ3n) is 3.63. The standard InChI is InChI=1S/C18H19FN2O/c1-21(2)17-7-4-13(5-8-17)15(12-20)10-14-11-16(19)6-9-18(14)22-3/h4-9,11,15H,10H2,1-3H3. The van der Waals surface area contributed by atoms with Gasteiger partial charge in [-0.1, -0.05) is 12.1 Å². The van der Waals surface area contributed by atoms with E-state index < -0.39 is 0 Å². The molecule has 0 heterocycles. The molecule has 0 saturated carbocycles. The first kappa shape index (κ1) is 15.8. The van der Waals surface area contributed by atoms with Crippen molar-refractivity contribution >= 4 is 5.69 Å². The minimum absolute atomic E-state index is 0.324. The first-order valence-electron chi connectivity index (χ1n) is 7.04. The van der Waals surface area contributed by atoms with E-state index in [1.165, 1.54) is 12.1 Å². The van der Waals surface area contributed by atoms with Gasteiger partial charge in [0.15, 0.2) is 0 Å². The van der Waals surface area contributed by atoms with Gasteiger partial charge in [0.25, 0.3) is 0 Å². The Labute approximate surface area is 130 Å². The quantitative estimate of drug-likeness (QED) is 0.843. The summed E-state index contributed by atoms with van der Waals surface area (Å²) in [6, 6.07) is 14.5. The van der Waals surface area contributed by atoms with Crippen LogP contribution in [0.2, 0.25) is 0 Å². The van der Waals surface area contributed by atoms with Crippen molar-refractivity contribution in [3.05, 3.63) is 59.4 Å². The molecule has 114 valence electrons. The molecule has 0 spiro atoms. The van der Waals surface area contributed by atoms with E-state index in [0.29, 0.717) is 17.7 Å². The van der Waals surface area contributed by atoms with Crippen LogP contribution in [-0.4, -0.2) is 21.2 Å². The number of anilines is 1. The van der Waals surface area contributed by atoms with E-state index in [2.05, 4.69) is 6.07 Å². The Kier molecular flexibility index (Phi) is 5.00. The summed E-state index contributed by atoms with van der Waals surface area (Å²) in [4.78, 5) is 2.00. The summed E-state index contributed by atoms with van der Waals surface area (Å²) in [5, 5.41) is 9.46. The van der Waals surface area contributed by atoms with Crippen LogP contribution in [0.4, 0.5) is 10.1 Å². The number of rotatable bonds is 5. The number of benzene rings is 2. The molecule has 0 bridgehead atoms. The lowest BCUT2D eigenvalue weighted by Crippen LogP contribution is -2.09. The average molecular weight is 298 g/mol. The van der Waals surface area contributed by atoms with Gasteiger partial charge in [0.1, 0.15) is 11.6 Å². The maximum Gasteiger partial charge on any atom is 0.123 e. The largest absolute Gasteiger partial charge is 0.496 e. The molecule has 0 radical (unpaired) electrons. The van der Waals surface area contributed by atoms with Gasteiger partial charge in [-0.15, -0.1) is 0 Å². The van der Waals surface area contributed by atoms with Crippen molar-refractivity contribution in [2.24, 2.45) is 0 Å². The maximum absolute atomic E-state index is 13.4. The minimum Gasteiger partial charge on any atom is -0.496 e. The molecule has 0 saturated heterocycles. The predicted molar refractivity (Wildman–Crippen MR) is 85.8 cm³/mol. The molecule has 22 heavy (non-hydrogen) atoms. The van der Waals surface area contributed by atoms with Crippen LogP contribution in [0, 0.1) is 17.1 Å². The van der Waals surface area contributed by atoms with Crippen molar-refractivity contribution in [1.82, 2.24) is 0 Å². The van der Waals surface area contributed by atoms with Gasteiger partial charge in [0, 0.05) is 19.8 Å². The van der Waals surface area contributed by atoms with Crippen molar-refractivity contribution in [2.75, 3.05) is 26.1 Å². The fraction of sp³-hybridized carbons (Fsp3) is 0.278. The van der Waals surface area contributed by atoms with Crippen LogP contribution in [0.15, 0.2) is 42.5 Å². The molecule has 0 aliphatic carbocycles. The molecule has 1 unspecified atom stereocenters. The number of nitriles is 1. The van der Waals surface area contributed by atoms with Crippen LogP contribution >= 0.6 is 0 Å². The highest BCUT2D eigenvalue weighted by molar-refractivity contribution is 5.47. The Morgan fingerprint density at radius 2 is 1.86 bits per heavy atom. The van der Waals surface area contributed by atoms with E-state index in [-0.39, 0.29) is 11.7 Å². The van der Waals surface area contributed by atoms with Crippen LogP contribution in [0.5, 0.6) is 5.75 Å². The average Bonchev–Trinajstić information content (AvgIpc) is 2.53. The monoisotopic (exact) mass is 298 g/mol. The van der Waals surface area contributed by atoms with Gasteiger partial charge in [-0.3, -0.25) is 0 Å². The molecule has 0 fully saturated rings. The highest BCUT2D eigenvalue weighted by Crippen LogP contribution is 2.28. The summed E-state index contributed by atoms with van der Waals surface area (Å²) in [5.74, 6) is -0.0612. The van der Waals surface area contributed by atoms with Gasteiger partial charge in [-0.05, 0) is 47.9 Å². The van der Waals surface area contributed by atoms with E-state index in [0.717, 1.165) is 11.3 Å². The molecule has 1 atom stereocenters. The van der Waals surface area contributed by atoms with Crippen molar-refractivity contribution < 1.29 is 9.13 Å². The number of methoxy groups -OCH3 is 1. The molecular formula is C18H19FN2O. The van der Waals surface area contributed by atoms with Crippen molar-refractivity contribution in [1.29, 1.82) is 5.26 Å². The Balaban J connectivity index is 2.26. The van der Waals surface area contributed by atoms with Crippen molar-refractivity contribution in [3.63, 3.8) is 0 Å². The van der Waals surface area contributed by atoms with Crippen LogP contribution in [-0.2, 0) is 6.42 Å². The molecular weight excluding hydrogens is 279 g/mol. The van der Waals surface area contributed by atoms with Crippen molar-refractivity contribution in [2.45, 2.75) is 12.3 Å². The van der Waals surface area contributed by atoms with Crippen LogP contribution in [0.3, 0.4) is 0 Å². The number of ether oxygens (including phenoxy) is 1. The summed E-state index contributed by atoms with van der Waals surface area (Å²) < 4.78 is 18.7. The number of halogens is 1. The molecule has 3 nitrogen and oxygen atoms in total. The van der Waals surface area contributed by atoms with Gasteiger partial charge in [0.2, 0.25) is 0 Å². The second kappa shape index (κ2) is 6.95. The van der Waals surface area contributed by atoms with Gasteiger partial charge in [-0.25, -0.2) is 4.39 Å². The maximum atomic E-state index is 13.4.